The number of aliphatic hydroxyl groups excluding tert-OH is 1. The summed E-state index contributed by atoms with van der Waals surface area (Å²) in [5.41, 5.74) is 4.06. The Hall–Kier alpha value is -4.35. The average Bonchev–Trinajstić information content (AvgIpc) is 3.52. The number of aromatic nitrogens is 3. The van der Waals surface area contributed by atoms with Crippen molar-refractivity contribution in [3.8, 4) is 5.69 Å². The van der Waals surface area contributed by atoms with E-state index < -0.39 is 18.2 Å². The molecular weight excluding hydrogens is 525 g/mol. The van der Waals surface area contributed by atoms with Gasteiger partial charge in [-0.1, -0.05) is 41.9 Å². The molecule has 2 heterocycles. The molecule has 1 unspecified atom stereocenters. The minimum Gasteiger partial charge on any atom is -0.475 e. The molecule has 1 amide bonds. The number of aliphatic hydroxyl groups is 1. The zero-order valence-electron chi connectivity index (χ0n) is 19.4. The first-order chi connectivity index (χ1) is 18.0. The van der Waals surface area contributed by atoms with Gasteiger partial charge >= 0.3 is 12.1 Å². The second kappa shape index (κ2) is 11.0. The maximum Gasteiger partial charge on any atom is 0.490 e. The third kappa shape index (κ3) is 5.96. The molecule has 8 nitrogen and oxygen atoms in total. The number of alkyl halides is 3. The number of hydrogen-bond donors (Lipinski definition) is 4. The van der Waals surface area contributed by atoms with Crippen LogP contribution in [-0.2, 0) is 4.79 Å². The van der Waals surface area contributed by atoms with Crippen molar-refractivity contribution < 1.29 is 33.0 Å². The lowest BCUT2D eigenvalue weighted by Crippen LogP contribution is -2.28. The third-order valence-electron chi connectivity index (χ3n) is 5.61. The van der Waals surface area contributed by atoms with Gasteiger partial charge in [0.05, 0.1) is 28.9 Å². The number of carbonyl (C=O) groups excluding carboxylic acids is 1. The van der Waals surface area contributed by atoms with Crippen LogP contribution < -0.4 is 5.32 Å². The van der Waals surface area contributed by atoms with Gasteiger partial charge in [-0.15, -0.1) is 0 Å². The lowest BCUT2D eigenvalue weighted by atomic mass is 10.1. The van der Waals surface area contributed by atoms with Gasteiger partial charge in [0.2, 0.25) is 0 Å². The minimum absolute atomic E-state index is 0.0982. The Morgan fingerprint density at radius 3 is 2.45 bits per heavy atom. The monoisotopic (exact) mass is 544 g/mol. The quantitative estimate of drug-likeness (QED) is 0.241. The Bertz CT molecular complexity index is 1600. The second-order valence-electron chi connectivity index (χ2n) is 8.15. The van der Waals surface area contributed by atoms with Gasteiger partial charge in [0, 0.05) is 34.2 Å². The molecule has 0 fully saturated rings. The molecule has 196 valence electrons. The normalized spacial score (nSPS) is 12.1. The van der Waals surface area contributed by atoms with Crippen LogP contribution in [0.4, 0.5) is 13.2 Å². The number of halogens is 4. The van der Waals surface area contributed by atoms with Crippen LogP contribution in [0.3, 0.4) is 0 Å². The highest BCUT2D eigenvalue weighted by atomic mass is 35.5. The summed E-state index contributed by atoms with van der Waals surface area (Å²) in [6.45, 7) is 0.0982. The number of para-hydroxylation sites is 1. The van der Waals surface area contributed by atoms with Crippen molar-refractivity contribution in [3.05, 3.63) is 95.3 Å². The zero-order valence-corrected chi connectivity index (χ0v) is 20.2. The van der Waals surface area contributed by atoms with Crippen molar-refractivity contribution in [1.29, 1.82) is 0 Å². The number of rotatable bonds is 5. The van der Waals surface area contributed by atoms with Gasteiger partial charge in [0.1, 0.15) is 0 Å². The summed E-state index contributed by atoms with van der Waals surface area (Å²) in [5, 5.41) is 29.8. The van der Waals surface area contributed by atoms with Crippen molar-refractivity contribution in [3.63, 3.8) is 0 Å². The number of carboxylic acids is 1. The lowest BCUT2D eigenvalue weighted by Gasteiger charge is -2.12. The first-order valence-corrected chi connectivity index (χ1v) is 11.5. The Balaban J connectivity index is 0.000000426. The van der Waals surface area contributed by atoms with Crippen molar-refractivity contribution in [1.82, 2.24) is 20.1 Å². The number of hydrogen-bond acceptors (Lipinski definition) is 4. The molecule has 0 bridgehead atoms. The molecule has 4 N–H and O–H groups in total. The smallest absolute Gasteiger partial charge is 0.475 e. The molecule has 0 saturated carbocycles. The van der Waals surface area contributed by atoms with E-state index in [1.807, 2.05) is 53.2 Å². The largest absolute Gasteiger partial charge is 0.490 e. The number of carboxylic acid groups (broad SMARTS) is 1. The van der Waals surface area contributed by atoms with Crippen molar-refractivity contribution in [2.75, 3.05) is 6.54 Å². The van der Waals surface area contributed by atoms with Gasteiger partial charge in [0.25, 0.3) is 5.91 Å². The number of amides is 1. The van der Waals surface area contributed by atoms with Crippen LogP contribution in [0, 0.1) is 0 Å². The number of benzene rings is 3. The summed E-state index contributed by atoms with van der Waals surface area (Å²) in [7, 11) is 0. The zero-order chi connectivity index (χ0) is 27.4. The van der Waals surface area contributed by atoms with Gasteiger partial charge in [-0.25, -0.2) is 4.79 Å². The summed E-state index contributed by atoms with van der Waals surface area (Å²) in [4.78, 5) is 21.9. The molecule has 0 aliphatic heterocycles. The summed E-state index contributed by atoms with van der Waals surface area (Å²) in [6.07, 6.45) is -2.30. The number of nitrogens with one attached hydrogen (secondary N) is 2. The van der Waals surface area contributed by atoms with E-state index in [0.717, 1.165) is 27.5 Å². The fraction of sp³-hybridized carbons (Fsp3) is 0.115. The van der Waals surface area contributed by atoms with Gasteiger partial charge in [0.15, 0.2) is 0 Å². The van der Waals surface area contributed by atoms with Crippen LogP contribution in [0.15, 0.2) is 79.1 Å². The van der Waals surface area contributed by atoms with Gasteiger partial charge < -0.3 is 20.1 Å². The molecule has 0 radical (unpaired) electrons. The van der Waals surface area contributed by atoms with E-state index in [-0.39, 0.29) is 12.5 Å². The number of H-pyrrole nitrogens is 1. The van der Waals surface area contributed by atoms with E-state index in [1.165, 1.54) is 0 Å². The highest BCUT2D eigenvalue weighted by Crippen LogP contribution is 2.27. The van der Waals surface area contributed by atoms with Crippen LogP contribution in [-0.4, -0.2) is 49.6 Å². The number of nitrogens with zero attached hydrogens (tertiary/aromatic N) is 2. The first kappa shape index (κ1) is 26.7. The van der Waals surface area contributed by atoms with Crippen LogP contribution in [0.25, 0.3) is 27.5 Å². The number of aromatic amines is 1. The van der Waals surface area contributed by atoms with E-state index in [2.05, 4.69) is 15.5 Å². The van der Waals surface area contributed by atoms with E-state index >= 15 is 0 Å². The maximum atomic E-state index is 13.0. The summed E-state index contributed by atoms with van der Waals surface area (Å²) in [6, 6.07) is 20.7. The third-order valence-corrected chi connectivity index (χ3v) is 5.86. The highest BCUT2D eigenvalue weighted by molar-refractivity contribution is 6.30. The number of aliphatic carboxylic acids is 1. The van der Waals surface area contributed by atoms with E-state index in [1.54, 1.807) is 30.5 Å². The summed E-state index contributed by atoms with van der Waals surface area (Å²) >= 11 is 5.90. The first-order valence-electron chi connectivity index (χ1n) is 11.1. The SMILES string of the molecule is O=C(NCC(O)c1ccc(Cl)cc1)c1cn(-c2ccc3[nH]ncc3c2)c2ccccc12.O=C(O)C(F)(F)F. The van der Waals surface area contributed by atoms with Crippen LogP contribution >= 0.6 is 11.6 Å². The standard InChI is InChI=1S/C24H19ClN4O2.C2HF3O2/c25-17-7-5-15(6-8-17)23(30)13-26-24(31)20-14-29(22-4-2-1-3-19(20)22)18-9-10-21-16(11-18)12-27-28-21;3-2(4,5)1(6)7/h1-12,14,23,30H,13H2,(H,26,31)(H,27,28);(H,6,7). The maximum absolute atomic E-state index is 13.0. The molecule has 1 atom stereocenters. The van der Waals surface area contributed by atoms with E-state index in [9.17, 15) is 23.1 Å². The van der Waals surface area contributed by atoms with Crippen LogP contribution in [0.2, 0.25) is 5.02 Å². The highest BCUT2D eigenvalue weighted by Gasteiger charge is 2.38. The van der Waals surface area contributed by atoms with Crippen LogP contribution in [0.5, 0.6) is 0 Å². The summed E-state index contributed by atoms with van der Waals surface area (Å²) < 4.78 is 33.7. The Kier molecular flexibility index (Phi) is 7.70. The fourth-order valence-electron chi connectivity index (χ4n) is 3.74. The molecule has 0 aliphatic rings. The Morgan fingerprint density at radius 2 is 1.76 bits per heavy atom. The molecule has 38 heavy (non-hydrogen) atoms. The Morgan fingerprint density at radius 1 is 1.08 bits per heavy atom. The van der Waals surface area contributed by atoms with E-state index in [4.69, 9.17) is 21.5 Å². The predicted octanol–water partition coefficient (Wildman–Crippen LogP) is 5.26. The van der Waals surface area contributed by atoms with Crippen LogP contribution in [0.1, 0.15) is 22.0 Å². The van der Waals surface area contributed by atoms with Crippen molar-refractivity contribution in [2.24, 2.45) is 0 Å². The molecule has 0 spiro atoms. The predicted molar refractivity (Wildman–Crippen MR) is 135 cm³/mol. The number of fused-ring (bicyclic) bond motifs is 2. The molecule has 2 aromatic heterocycles. The van der Waals surface area contributed by atoms with Gasteiger partial charge in [-0.2, -0.15) is 18.3 Å². The van der Waals surface area contributed by atoms with Gasteiger partial charge in [-0.05, 0) is 42.0 Å². The number of carbonyl (C=O) groups is 2. The van der Waals surface area contributed by atoms with Crippen molar-refractivity contribution in [2.45, 2.75) is 12.3 Å². The Labute approximate surface area is 218 Å². The molecule has 0 aliphatic carbocycles. The minimum atomic E-state index is -5.08. The second-order valence-corrected chi connectivity index (χ2v) is 8.59. The molecule has 12 heteroatoms. The fourth-order valence-corrected chi connectivity index (χ4v) is 3.87. The molecular formula is C26H20ClF3N4O4. The topological polar surface area (TPSA) is 120 Å². The lowest BCUT2D eigenvalue weighted by molar-refractivity contribution is -0.192. The molecule has 5 rings (SSSR count). The van der Waals surface area contributed by atoms with Crippen molar-refractivity contribution >= 4 is 45.3 Å². The molecule has 3 aromatic carbocycles. The summed E-state index contributed by atoms with van der Waals surface area (Å²) in [5.74, 6) is -3.00. The van der Waals surface area contributed by atoms with Gasteiger partial charge in [-0.3, -0.25) is 9.89 Å². The molecule has 5 aromatic rings. The molecule has 0 saturated heterocycles. The van der Waals surface area contributed by atoms with E-state index in [0.29, 0.717) is 16.1 Å². The average molecular weight is 545 g/mol.